The van der Waals surface area contributed by atoms with Crippen molar-refractivity contribution in [2.75, 3.05) is 0 Å². The molecule has 1 amide bonds. The summed E-state index contributed by atoms with van der Waals surface area (Å²) in [6, 6.07) is 4.22. The molecule has 2 aromatic heterocycles. The highest BCUT2D eigenvalue weighted by atomic mass is 35.5. The van der Waals surface area contributed by atoms with Gasteiger partial charge >= 0.3 is 0 Å². The van der Waals surface area contributed by atoms with Crippen LogP contribution < -0.4 is 5.32 Å². The van der Waals surface area contributed by atoms with Gasteiger partial charge in [-0.3, -0.25) is 4.79 Å². The van der Waals surface area contributed by atoms with Crippen LogP contribution >= 0.6 is 22.9 Å². The average Bonchev–Trinajstić information content (AvgIpc) is 2.99. The minimum atomic E-state index is 0.0484. The molecule has 0 bridgehead atoms. The number of fused-ring (bicyclic) bond motifs is 1. The van der Waals surface area contributed by atoms with Gasteiger partial charge in [-0.1, -0.05) is 38.3 Å². The molecule has 0 radical (unpaired) electrons. The molecule has 3 rings (SSSR count). The molecule has 5 heteroatoms. The van der Waals surface area contributed by atoms with Crippen LogP contribution in [0.1, 0.15) is 50.5 Å². The normalized spacial score (nSPS) is 25.5. The maximum atomic E-state index is 12.7. The minimum absolute atomic E-state index is 0.0484. The number of nitrogens with one attached hydrogen (secondary N) is 1. The van der Waals surface area contributed by atoms with Crippen molar-refractivity contribution < 1.29 is 4.79 Å². The fourth-order valence-electron chi connectivity index (χ4n) is 3.57. The summed E-state index contributed by atoms with van der Waals surface area (Å²) in [4.78, 5) is 12.7. The predicted octanol–water partition coefficient (Wildman–Crippen LogP) is 4.93. The number of carbonyl (C=O) groups excluding carboxylic acids is 1. The van der Waals surface area contributed by atoms with Gasteiger partial charge in [0.2, 0.25) is 0 Å². The first kappa shape index (κ1) is 15.9. The van der Waals surface area contributed by atoms with Gasteiger partial charge in [0, 0.05) is 12.6 Å². The summed E-state index contributed by atoms with van der Waals surface area (Å²) in [5.41, 5.74) is 1.82. The molecule has 0 aromatic carbocycles. The van der Waals surface area contributed by atoms with E-state index in [1.165, 1.54) is 24.2 Å². The molecule has 0 spiro atoms. The monoisotopic (exact) mass is 338 g/mol. The van der Waals surface area contributed by atoms with Gasteiger partial charge in [-0.2, -0.15) is 0 Å². The number of halogens is 1. The second-order valence-electron chi connectivity index (χ2n) is 6.42. The van der Waals surface area contributed by atoms with Gasteiger partial charge in [0.25, 0.3) is 5.91 Å². The second kappa shape index (κ2) is 6.25. The largest absolute Gasteiger partial charge is 0.348 e. The summed E-state index contributed by atoms with van der Waals surface area (Å²) in [5.74, 6) is 1.27. The molecule has 120 valence electrons. The van der Waals surface area contributed by atoms with E-state index >= 15 is 0 Å². The Hall–Kier alpha value is -1.00. The molecule has 3 unspecified atom stereocenters. The minimum Gasteiger partial charge on any atom is -0.348 e. The second-order valence-corrected chi connectivity index (χ2v) is 8.14. The summed E-state index contributed by atoms with van der Waals surface area (Å²) in [6.07, 6.45) is 3.56. The molecule has 22 heavy (non-hydrogen) atoms. The molecule has 3 nitrogen and oxygen atoms in total. The van der Waals surface area contributed by atoms with Crippen LogP contribution in [0, 0.1) is 11.8 Å². The van der Waals surface area contributed by atoms with Crippen LogP contribution in [0.4, 0.5) is 0 Å². The quantitative estimate of drug-likeness (QED) is 0.845. The zero-order valence-corrected chi connectivity index (χ0v) is 14.9. The Morgan fingerprint density at radius 2 is 2.18 bits per heavy atom. The third-order valence-corrected chi connectivity index (χ3v) is 6.33. The van der Waals surface area contributed by atoms with Crippen LogP contribution in [0.25, 0.3) is 10.2 Å². The van der Waals surface area contributed by atoms with Crippen molar-refractivity contribution >= 4 is 39.1 Å². The van der Waals surface area contributed by atoms with E-state index in [9.17, 15) is 4.79 Å². The first-order chi connectivity index (χ1) is 10.5. The van der Waals surface area contributed by atoms with Crippen LogP contribution in [-0.4, -0.2) is 16.5 Å². The fourth-order valence-corrected chi connectivity index (χ4v) is 4.75. The SMILES string of the molecule is CCn1c(C(=O)NC2CCCC(C)C2C)cc2sc(Cl)cc21. The molecule has 1 saturated carbocycles. The highest BCUT2D eigenvalue weighted by Crippen LogP contribution is 2.33. The number of hydrogen-bond acceptors (Lipinski definition) is 2. The molecule has 2 aromatic rings. The molecule has 3 atom stereocenters. The third-order valence-electron chi connectivity index (χ3n) is 5.13. The lowest BCUT2D eigenvalue weighted by Gasteiger charge is -2.34. The van der Waals surface area contributed by atoms with Crippen LogP contribution in [0.5, 0.6) is 0 Å². The first-order valence-electron chi connectivity index (χ1n) is 8.10. The van der Waals surface area contributed by atoms with Crippen molar-refractivity contribution in [3.63, 3.8) is 0 Å². The topological polar surface area (TPSA) is 34.0 Å². The highest BCUT2D eigenvalue weighted by molar-refractivity contribution is 7.22. The molecule has 0 aliphatic heterocycles. The number of aryl methyl sites for hydroxylation is 1. The summed E-state index contributed by atoms with van der Waals surface area (Å²) in [7, 11) is 0. The van der Waals surface area contributed by atoms with Gasteiger partial charge in [0.05, 0.1) is 14.6 Å². The number of hydrogen-bond donors (Lipinski definition) is 1. The Balaban J connectivity index is 1.84. The maximum Gasteiger partial charge on any atom is 0.268 e. The van der Waals surface area contributed by atoms with E-state index in [1.54, 1.807) is 0 Å². The van der Waals surface area contributed by atoms with Gasteiger partial charge in [-0.25, -0.2) is 0 Å². The van der Waals surface area contributed by atoms with E-state index in [1.807, 2.05) is 12.1 Å². The number of thiophene rings is 1. The Bertz CT molecular complexity index is 690. The summed E-state index contributed by atoms with van der Waals surface area (Å²) in [6.45, 7) is 7.38. The Morgan fingerprint density at radius 1 is 1.41 bits per heavy atom. The molecule has 1 aliphatic rings. The smallest absolute Gasteiger partial charge is 0.268 e. The van der Waals surface area contributed by atoms with E-state index < -0.39 is 0 Å². The first-order valence-corrected chi connectivity index (χ1v) is 9.30. The Morgan fingerprint density at radius 3 is 2.91 bits per heavy atom. The van der Waals surface area contributed by atoms with Crippen molar-refractivity contribution in [2.45, 2.75) is 52.6 Å². The fraction of sp³-hybridized carbons (Fsp3) is 0.588. The Kier molecular flexibility index (Phi) is 4.51. The average molecular weight is 339 g/mol. The van der Waals surface area contributed by atoms with Crippen LogP contribution in [0.15, 0.2) is 12.1 Å². The van der Waals surface area contributed by atoms with E-state index in [0.717, 1.165) is 33.2 Å². The molecular formula is C17H23ClN2OS. The van der Waals surface area contributed by atoms with E-state index in [2.05, 4.69) is 30.7 Å². The predicted molar refractivity (Wildman–Crippen MR) is 93.9 cm³/mol. The number of nitrogens with zero attached hydrogens (tertiary/aromatic N) is 1. The maximum absolute atomic E-state index is 12.7. The molecule has 1 aliphatic carbocycles. The lowest BCUT2D eigenvalue weighted by molar-refractivity contribution is 0.0882. The van der Waals surface area contributed by atoms with E-state index in [0.29, 0.717) is 11.8 Å². The zero-order chi connectivity index (χ0) is 15.9. The summed E-state index contributed by atoms with van der Waals surface area (Å²) >= 11 is 7.61. The molecule has 1 fully saturated rings. The van der Waals surface area contributed by atoms with Crippen molar-refractivity contribution in [1.29, 1.82) is 0 Å². The van der Waals surface area contributed by atoms with Crippen molar-refractivity contribution in [1.82, 2.24) is 9.88 Å². The van der Waals surface area contributed by atoms with Crippen molar-refractivity contribution in [2.24, 2.45) is 11.8 Å². The van der Waals surface area contributed by atoms with Crippen LogP contribution in [-0.2, 0) is 6.54 Å². The number of amides is 1. The van der Waals surface area contributed by atoms with Crippen molar-refractivity contribution in [3.05, 3.63) is 22.2 Å². The van der Waals surface area contributed by atoms with Gasteiger partial charge in [0.15, 0.2) is 0 Å². The van der Waals surface area contributed by atoms with Crippen molar-refractivity contribution in [3.8, 4) is 0 Å². The van der Waals surface area contributed by atoms with Crippen LogP contribution in [0.3, 0.4) is 0 Å². The highest BCUT2D eigenvalue weighted by Gasteiger charge is 2.29. The molecule has 0 saturated heterocycles. The number of rotatable bonds is 3. The summed E-state index contributed by atoms with van der Waals surface area (Å²) in [5, 5.41) is 3.27. The van der Waals surface area contributed by atoms with E-state index in [4.69, 9.17) is 11.6 Å². The molecule has 2 heterocycles. The van der Waals surface area contributed by atoms with E-state index in [-0.39, 0.29) is 11.9 Å². The summed E-state index contributed by atoms with van der Waals surface area (Å²) < 4.78 is 3.92. The van der Waals surface area contributed by atoms with Gasteiger partial charge in [-0.15, -0.1) is 11.3 Å². The molecule has 1 N–H and O–H groups in total. The Labute approximate surface area is 140 Å². The third kappa shape index (κ3) is 2.79. The van der Waals surface area contributed by atoms with Gasteiger partial charge in [0.1, 0.15) is 5.69 Å². The number of aromatic nitrogens is 1. The number of carbonyl (C=O) groups is 1. The van der Waals surface area contributed by atoms with Crippen LogP contribution in [0.2, 0.25) is 4.34 Å². The molecular weight excluding hydrogens is 316 g/mol. The zero-order valence-electron chi connectivity index (χ0n) is 13.4. The lowest BCUT2D eigenvalue weighted by Crippen LogP contribution is -2.44. The van der Waals surface area contributed by atoms with Gasteiger partial charge in [-0.05, 0) is 37.3 Å². The van der Waals surface area contributed by atoms with Gasteiger partial charge < -0.3 is 9.88 Å². The lowest BCUT2D eigenvalue weighted by atomic mass is 9.78. The standard InChI is InChI=1S/C17H23ClN2OS/c1-4-20-13-9-16(18)22-15(13)8-14(20)17(21)19-12-7-5-6-10(2)11(12)3/h8-12H,4-7H2,1-3H3,(H,19,21).